The van der Waals surface area contributed by atoms with Gasteiger partial charge in [0, 0.05) is 31.4 Å². The summed E-state index contributed by atoms with van der Waals surface area (Å²) in [5.41, 5.74) is 0.892. The molecular formula is C15H17FN2O. The first-order chi connectivity index (χ1) is 9.16. The summed E-state index contributed by atoms with van der Waals surface area (Å²) in [4.78, 5) is 11.5. The molecule has 3 nitrogen and oxygen atoms in total. The van der Waals surface area contributed by atoms with Crippen LogP contribution in [0.4, 0.5) is 4.39 Å². The molecule has 0 amide bonds. The highest BCUT2D eigenvalue weighted by molar-refractivity contribution is 5.19. The van der Waals surface area contributed by atoms with E-state index in [0.29, 0.717) is 13.1 Å². The number of halogens is 1. The molecule has 100 valence electrons. The van der Waals surface area contributed by atoms with E-state index in [-0.39, 0.29) is 17.4 Å². The largest absolute Gasteiger partial charge is 0.314 e. The third-order valence-corrected chi connectivity index (χ3v) is 3.05. The van der Waals surface area contributed by atoms with Crippen molar-refractivity contribution in [2.45, 2.75) is 19.5 Å². The average molecular weight is 260 g/mol. The van der Waals surface area contributed by atoms with Crippen LogP contribution < -0.4 is 10.9 Å². The lowest BCUT2D eigenvalue weighted by Gasteiger charge is -2.14. The molecule has 1 heterocycles. The van der Waals surface area contributed by atoms with E-state index in [4.69, 9.17) is 0 Å². The Bertz CT molecular complexity index is 594. The van der Waals surface area contributed by atoms with Crippen LogP contribution in [-0.4, -0.2) is 11.1 Å². The monoisotopic (exact) mass is 260 g/mol. The zero-order valence-electron chi connectivity index (χ0n) is 10.8. The summed E-state index contributed by atoms with van der Waals surface area (Å²) >= 11 is 0. The van der Waals surface area contributed by atoms with Crippen molar-refractivity contribution < 1.29 is 4.39 Å². The quantitative estimate of drug-likeness (QED) is 0.895. The first kappa shape index (κ1) is 13.5. The second kappa shape index (κ2) is 6.29. The number of hydrogen-bond donors (Lipinski definition) is 1. The molecule has 2 rings (SSSR count). The Hall–Kier alpha value is -1.94. The smallest absolute Gasteiger partial charge is 0.250 e. The first-order valence-electron chi connectivity index (χ1n) is 6.31. The zero-order chi connectivity index (χ0) is 13.7. The minimum absolute atomic E-state index is 0.0114. The molecule has 1 unspecified atom stereocenters. The van der Waals surface area contributed by atoms with Gasteiger partial charge in [-0.3, -0.25) is 4.79 Å². The summed E-state index contributed by atoms with van der Waals surface area (Å²) in [5.74, 6) is -0.231. The van der Waals surface area contributed by atoms with Gasteiger partial charge < -0.3 is 9.88 Å². The van der Waals surface area contributed by atoms with Crippen LogP contribution in [0, 0.1) is 5.82 Å². The summed E-state index contributed by atoms with van der Waals surface area (Å²) in [6.07, 6.45) is 1.76. The van der Waals surface area contributed by atoms with Gasteiger partial charge in [0.05, 0.1) is 0 Å². The van der Waals surface area contributed by atoms with E-state index < -0.39 is 0 Å². The Balaban J connectivity index is 1.89. The molecule has 0 aliphatic heterocycles. The van der Waals surface area contributed by atoms with Crippen molar-refractivity contribution in [1.82, 2.24) is 9.88 Å². The number of nitrogens with zero attached hydrogens (tertiary/aromatic N) is 1. The van der Waals surface area contributed by atoms with Crippen molar-refractivity contribution in [3.8, 4) is 0 Å². The Labute approximate surface area is 111 Å². The molecule has 1 N–H and O–H groups in total. The minimum atomic E-state index is -0.231. The van der Waals surface area contributed by atoms with Crippen molar-refractivity contribution in [1.29, 1.82) is 0 Å². The van der Waals surface area contributed by atoms with Gasteiger partial charge in [0.1, 0.15) is 5.82 Å². The molecule has 0 aliphatic rings. The Kier molecular flexibility index (Phi) is 4.47. The SMILES string of the molecule is CC(NCCn1ccccc1=O)c1cccc(F)c1. The Morgan fingerprint density at radius 2 is 2.11 bits per heavy atom. The fraction of sp³-hybridized carbons (Fsp3) is 0.267. The van der Waals surface area contributed by atoms with Gasteiger partial charge in [0.15, 0.2) is 0 Å². The van der Waals surface area contributed by atoms with E-state index >= 15 is 0 Å². The minimum Gasteiger partial charge on any atom is -0.314 e. The third-order valence-electron chi connectivity index (χ3n) is 3.05. The van der Waals surface area contributed by atoms with Crippen molar-refractivity contribution in [2.24, 2.45) is 0 Å². The van der Waals surface area contributed by atoms with Gasteiger partial charge in [-0.05, 0) is 30.7 Å². The molecule has 0 fully saturated rings. The fourth-order valence-electron chi connectivity index (χ4n) is 1.94. The molecule has 4 heteroatoms. The van der Waals surface area contributed by atoms with Gasteiger partial charge >= 0.3 is 0 Å². The molecule has 1 aromatic heterocycles. The summed E-state index contributed by atoms with van der Waals surface area (Å²) < 4.78 is 14.7. The molecular weight excluding hydrogens is 243 g/mol. The number of benzene rings is 1. The topological polar surface area (TPSA) is 34.0 Å². The van der Waals surface area contributed by atoms with E-state index in [1.165, 1.54) is 18.2 Å². The molecule has 0 bridgehead atoms. The van der Waals surface area contributed by atoms with Crippen LogP contribution in [0.5, 0.6) is 0 Å². The van der Waals surface area contributed by atoms with Crippen LogP contribution in [0.2, 0.25) is 0 Å². The van der Waals surface area contributed by atoms with Crippen LogP contribution >= 0.6 is 0 Å². The van der Waals surface area contributed by atoms with Crippen LogP contribution in [0.25, 0.3) is 0 Å². The van der Waals surface area contributed by atoms with Crippen molar-refractivity contribution in [3.05, 3.63) is 70.4 Å². The van der Waals surface area contributed by atoms with Crippen LogP contribution in [-0.2, 0) is 6.54 Å². The standard InChI is InChI=1S/C15H17FN2O/c1-12(13-5-4-6-14(16)11-13)17-8-10-18-9-3-2-7-15(18)19/h2-7,9,11-12,17H,8,10H2,1H3. The molecule has 0 saturated heterocycles. The molecule has 0 radical (unpaired) electrons. The van der Waals surface area contributed by atoms with Gasteiger partial charge in [-0.15, -0.1) is 0 Å². The molecule has 0 saturated carbocycles. The maximum Gasteiger partial charge on any atom is 0.250 e. The number of rotatable bonds is 5. The van der Waals surface area contributed by atoms with E-state index in [9.17, 15) is 9.18 Å². The summed E-state index contributed by atoms with van der Waals surface area (Å²) in [5, 5.41) is 3.28. The molecule has 19 heavy (non-hydrogen) atoms. The highest BCUT2D eigenvalue weighted by Crippen LogP contribution is 2.12. The number of nitrogens with one attached hydrogen (secondary N) is 1. The van der Waals surface area contributed by atoms with E-state index in [1.807, 2.05) is 19.1 Å². The molecule has 0 spiro atoms. The predicted molar refractivity (Wildman–Crippen MR) is 73.5 cm³/mol. The lowest BCUT2D eigenvalue weighted by atomic mass is 10.1. The number of hydrogen-bond acceptors (Lipinski definition) is 2. The number of pyridine rings is 1. The number of aromatic nitrogens is 1. The van der Waals surface area contributed by atoms with Crippen LogP contribution in [0.3, 0.4) is 0 Å². The highest BCUT2D eigenvalue weighted by Gasteiger charge is 2.05. The average Bonchev–Trinajstić information content (AvgIpc) is 2.41. The summed E-state index contributed by atoms with van der Waals surface area (Å²) in [7, 11) is 0. The van der Waals surface area contributed by atoms with E-state index in [2.05, 4.69) is 5.32 Å². The van der Waals surface area contributed by atoms with Crippen LogP contribution in [0.15, 0.2) is 53.5 Å². The normalized spacial score (nSPS) is 12.3. The second-order valence-electron chi connectivity index (χ2n) is 4.46. The highest BCUT2D eigenvalue weighted by atomic mass is 19.1. The third kappa shape index (κ3) is 3.76. The van der Waals surface area contributed by atoms with Gasteiger partial charge in [0.2, 0.25) is 0 Å². The predicted octanol–water partition coefficient (Wildman–Crippen LogP) is 2.34. The maximum atomic E-state index is 13.1. The molecule has 0 aliphatic carbocycles. The van der Waals surface area contributed by atoms with E-state index in [0.717, 1.165) is 5.56 Å². The lowest BCUT2D eigenvalue weighted by molar-refractivity contribution is 0.521. The Morgan fingerprint density at radius 3 is 2.84 bits per heavy atom. The summed E-state index contributed by atoms with van der Waals surface area (Å²) in [6, 6.07) is 11.7. The van der Waals surface area contributed by atoms with Crippen molar-refractivity contribution >= 4 is 0 Å². The molecule has 2 aromatic rings. The van der Waals surface area contributed by atoms with Gasteiger partial charge in [0.25, 0.3) is 5.56 Å². The zero-order valence-corrected chi connectivity index (χ0v) is 10.8. The van der Waals surface area contributed by atoms with Crippen molar-refractivity contribution in [3.63, 3.8) is 0 Å². The van der Waals surface area contributed by atoms with Crippen LogP contribution in [0.1, 0.15) is 18.5 Å². The van der Waals surface area contributed by atoms with Gasteiger partial charge in [-0.1, -0.05) is 18.2 Å². The first-order valence-corrected chi connectivity index (χ1v) is 6.31. The summed E-state index contributed by atoms with van der Waals surface area (Å²) in [6.45, 7) is 3.23. The maximum absolute atomic E-state index is 13.1. The second-order valence-corrected chi connectivity index (χ2v) is 4.46. The molecule has 1 aromatic carbocycles. The fourth-order valence-corrected chi connectivity index (χ4v) is 1.94. The Morgan fingerprint density at radius 1 is 1.26 bits per heavy atom. The molecule has 1 atom stereocenters. The van der Waals surface area contributed by atoms with Gasteiger partial charge in [-0.25, -0.2) is 4.39 Å². The van der Waals surface area contributed by atoms with Crippen molar-refractivity contribution in [2.75, 3.05) is 6.54 Å². The van der Waals surface area contributed by atoms with E-state index in [1.54, 1.807) is 22.9 Å². The van der Waals surface area contributed by atoms with Gasteiger partial charge in [-0.2, -0.15) is 0 Å². The lowest BCUT2D eigenvalue weighted by Crippen LogP contribution is -2.27.